The van der Waals surface area contributed by atoms with E-state index in [0.29, 0.717) is 16.1 Å². The monoisotopic (exact) mass is 382 g/mol. The van der Waals surface area contributed by atoms with Crippen LogP contribution in [0.15, 0.2) is 73.1 Å². The molecule has 4 nitrogen and oxygen atoms in total. The summed E-state index contributed by atoms with van der Waals surface area (Å²) in [6.45, 7) is 0. The molecule has 0 saturated carbocycles. The third-order valence-corrected chi connectivity index (χ3v) is 4.56. The van der Waals surface area contributed by atoms with Crippen molar-refractivity contribution in [2.75, 3.05) is 0 Å². The van der Waals surface area contributed by atoms with E-state index in [9.17, 15) is 14.3 Å². The molecular formula is C21H16ClFN2O2. The molecule has 3 rings (SSSR count). The van der Waals surface area contributed by atoms with Gasteiger partial charge in [0.1, 0.15) is 5.82 Å². The van der Waals surface area contributed by atoms with E-state index < -0.39 is 23.6 Å². The molecule has 0 aliphatic carbocycles. The van der Waals surface area contributed by atoms with Crippen LogP contribution in [-0.4, -0.2) is 21.6 Å². The summed E-state index contributed by atoms with van der Waals surface area (Å²) in [5.74, 6) is -2.20. The third-order valence-electron chi connectivity index (χ3n) is 4.23. The molecule has 0 bridgehead atoms. The summed E-state index contributed by atoms with van der Waals surface area (Å²) in [4.78, 5) is 17.1. The van der Waals surface area contributed by atoms with Gasteiger partial charge in [0.15, 0.2) is 5.78 Å². The number of Topliss-reactive ketones (excluding diaryl/α,β-unsaturated/α-hetero) is 1. The van der Waals surface area contributed by atoms with Crippen LogP contribution in [0.4, 0.5) is 4.39 Å². The van der Waals surface area contributed by atoms with Crippen LogP contribution in [0.2, 0.25) is 5.02 Å². The highest BCUT2D eigenvalue weighted by Gasteiger charge is 2.34. The number of nitrogens with zero attached hydrogens (tertiary/aromatic N) is 1. The summed E-state index contributed by atoms with van der Waals surface area (Å²) in [7, 11) is 0. The van der Waals surface area contributed by atoms with Crippen molar-refractivity contribution < 1.29 is 14.3 Å². The van der Waals surface area contributed by atoms with Gasteiger partial charge in [-0.25, -0.2) is 4.39 Å². The molecule has 27 heavy (non-hydrogen) atoms. The lowest BCUT2D eigenvalue weighted by molar-refractivity contribution is 0.0793. The van der Waals surface area contributed by atoms with Crippen molar-refractivity contribution >= 4 is 23.1 Å². The highest BCUT2D eigenvalue weighted by atomic mass is 35.5. The number of halogens is 2. The molecule has 0 amide bonds. The molecule has 2 aromatic carbocycles. The fourth-order valence-electron chi connectivity index (χ4n) is 2.82. The Morgan fingerprint density at radius 1 is 1.07 bits per heavy atom. The quantitative estimate of drug-likeness (QED) is 0.487. The topological polar surface area (TPSA) is 74.0 Å². The standard InChI is InChI=1S/C21H16ClFN2O2/c22-17-6-2-1-5-16(17)19(24)18(21(27)14-4-3-11-25-12-14)20(26)13-7-9-15(23)10-8-13/h1-12,18,21,24,27H. The zero-order valence-corrected chi connectivity index (χ0v) is 14.9. The predicted molar refractivity (Wildman–Crippen MR) is 102 cm³/mol. The van der Waals surface area contributed by atoms with Crippen molar-refractivity contribution in [1.29, 1.82) is 5.41 Å². The van der Waals surface area contributed by atoms with Gasteiger partial charge in [-0.05, 0) is 42.0 Å². The Hall–Kier alpha value is -2.89. The summed E-state index contributed by atoms with van der Waals surface area (Å²) >= 11 is 6.19. The molecule has 136 valence electrons. The van der Waals surface area contributed by atoms with Crippen molar-refractivity contribution in [3.8, 4) is 0 Å². The third kappa shape index (κ3) is 4.10. The van der Waals surface area contributed by atoms with E-state index in [-0.39, 0.29) is 11.3 Å². The second-order valence-electron chi connectivity index (χ2n) is 5.97. The van der Waals surface area contributed by atoms with Crippen LogP contribution in [0.1, 0.15) is 27.6 Å². The molecule has 3 aromatic rings. The van der Waals surface area contributed by atoms with E-state index in [1.807, 2.05) is 0 Å². The molecule has 0 saturated heterocycles. The SMILES string of the molecule is N=C(c1ccccc1Cl)C(C(=O)c1ccc(F)cc1)C(O)c1cccnc1. The Kier molecular flexibility index (Phi) is 5.74. The molecule has 6 heteroatoms. The van der Waals surface area contributed by atoms with Gasteiger partial charge in [-0.1, -0.05) is 35.9 Å². The van der Waals surface area contributed by atoms with Gasteiger partial charge in [0, 0.05) is 28.5 Å². The number of nitrogens with one attached hydrogen (secondary N) is 1. The highest BCUT2D eigenvalue weighted by Crippen LogP contribution is 2.30. The normalized spacial score (nSPS) is 13.0. The molecule has 0 spiro atoms. The van der Waals surface area contributed by atoms with Crippen LogP contribution in [0.3, 0.4) is 0 Å². The van der Waals surface area contributed by atoms with Gasteiger partial charge in [0.25, 0.3) is 0 Å². The molecule has 0 fully saturated rings. The number of hydrogen-bond donors (Lipinski definition) is 2. The largest absolute Gasteiger partial charge is 0.387 e. The first-order valence-corrected chi connectivity index (χ1v) is 8.58. The molecule has 1 heterocycles. The Labute approximate surface area is 160 Å². The summed E-state index contributed by atoms with van der Waals surface area (Å²) in [6.07, 6.45) is 1.68. The molecular weight excluding hydrogens is 367 g/mol. The first-order valence-electron chi connectivity index (χ1n) is 8.20. The fraction of sp³-hybridized carbons (Fsp3) is 0.0952. The highest BCUT2D eigenvalue weighted by molar-refractivity contribution is 6.35. The van der Waals surface area contributed by atoms with E-state index in [0.717, 1.165) is 0 Å². The Balaban J connectivity index is 2.06. The summed E-state index contributed by atoms with van der Waals surface area (Å²) in [6, 6.07) is 14.9. The number of pyridine rings is 1. The average molecular weight is 383 g/mol. The maximum atomic E-state index is 13.2. The van der Waals surface area contributed by atoms with Crippen molar-refractivity contribution in [3.63, 3.8) is 0 Å². The molecule has 0 aliphatic heterocycles. The maximum Gasteiger partial charge on any atom is 0.174 e. The summed E-state index contributed by atoms with van der Waals surface area (Å²) in [5.41, 5.74) is 0.824. The van der Waals surface area contributed by atoms with E-state index in [2.05, 4.69) is 4.98 Å². The van der Waals surface area contributed by atoms with Gasteiger partial charge < -0.3 is 10.5 Å². The molecule has 0 radical (unpaired) electrons. The van der Waals surface area contributed by atoms with E-state index in [1.165, 1.54) is 30.5 Å². The summed E-state index contributed by atoms with van der Waals surface area (Å²) < 4.78 is 13.2. The lowest BCUT2D eigenvalue weighted by atomic mass is 9.83. The van der Waals surface area contributed by atoms with Crippen LogP contribution in [0, 0.1) is 17.1 Å². The van der Waals surface area contributed by atoms with Gasteiger partial charge in [-0.3, -0.25) is 9.78 Å². The number of hydrogen-bond acceptors (Lipinski definition) is 4. The molecule has 2 atom stereocenters. The molecule has 2 unspecified atom stereocenters. The van der Waals surface area contributed by atoms with Crippen LogP contribution in [0.5, 0.6) is 0 Å². The predicted octanol–water partition coefficient (Wildman–Crippen LogP) is 4.47. The van der Waals surface area contributed by atoms with Crippen LogP contribution < -0.4 is 0 Å². The van der Waals surface area contributed by atoms with E-state index in [4.69, 9.17) is 17.0 Å². The maximum absolute atomic E-state index is 13.2. The van der Waals surface area contributed by atoms with Crippen molar-refractivity contribution in [2.24, 2.45) is 5.92 Å². The number of aromatic nitrogens is 1. The number of aliphatic hydroxyl groups is 1. The minimum absolute atomic E-state index is 0.119. The van der Waals surface area contributed by atoms with Crippen molar-refractivity contribution in [2.45, 2.75) is 6.10 Å². The Morgan fingerprint density at radius 2 is 1.78 bits per heavy atom. The first-order chi connectivity index (χ1) is 13.0. The van der Waals surface area contributed by atoms with Gasteiger partial charge in [-0.2, -0.15) is 0 Å². The number of rotatable bonds is 6. The number of benzene rings is 2. The van der Waals surface area contributed by atoms with Crippen molar-refractivity contribution in [3.05, 3.63) is 101 Å². The second-order valence-corrected chi connectivity index (χ2v) is 6.38. The number of carbonyl (C=O) groups excluding carboxylic acids is 1. The summed E-state index contributed by atoms with van der Waals surface area (Å²) in [5, 5.41) is 19.7. The molecule has 0 aliphatic rings. The van der Waals surface area contributed by atoms with E-state index >= 15 is 0 Å². The Morgan fingerprint density at radius 3 is 2.41 bits per heavy atom. The second kappa shape index (κ2) is 8.20. The lowest BCUT2D eigenvalue weighted by Gasteiger charge is -2.23. The first kappa shape index (κ1) is 18.9. The number of carbonyl (C=O) groups is 1. The van der Waals surface area contributed by atoms with E-state index in [1.54, 1.807) is 42.6 Å². The van der Waals surface area contributed by atoms with Gasteiger partial charge >= 0.3 is 0 Å². The Bertz CT molecular complexity index is 961. The minimum atomic E-state index is -1.31. The van der Waals surface area contributed by atoms with Crippen molar-refractivity contribution in [1.82, 2.24) is 4.98 Å². The number of aliphatic hydroxyl groups excluding tert-OH is 1. The zero-order valence-electron chi connectivity index (χ0n) is 14.1. The zero-order chi connectivity index (χ0) is 19.4. The van der Waals surface area contributed by atoms with Gasteiger partial charge in [-0.15, -0.1) is 0 Å². The van der Waals surface area contributed by atoms with Crippen LogP contribution >= 0.6 is 11.6 Å². The van der Waals surface area contributed by atoms with Crippen LogP contribution in [-0.2, 0) is 0 Å². The minimum Gasteiger partial charge on any atom is -0.387 e. The fourth-order valence-corrected chi connectivity index (χ4v) is 3.05. The van der Waals surface area contributed by atoms with Crippen LogP contribution in [0.25, 0.3) is 0 Å². The molecule has 1 aromatic heterocycles. The molecule has 2 N–H and O–H groups in total. The smallest absolute Gasteiger partial charge is 0.174 e. The van der Waals surface area contributed by atoms with Gasteiger partial charge in [0.2, 0.25) is 0 Å². The lowest BCUT2D eigenvalue weighted by Crippen LogP contribution is -2.31. The number of ketones is 1. The van der Waals surface area contributed by atoms with Gasteiger partial charge in [0.05, 0.1) is 17.7 Å². The average Bonchev–Trinajstić information content (AvgIpc) is 2.69.